The van der Waals surface area contributed by atoms with Crippen LogP contribution in [0.1, 0.15) is 16.0 Å². The zero-order valence-electron chi connectivity index (χ0n) is 5.35. The maximum absolute atomic E-state index is 8.62. The summed E-state index contributed by atoms with van der Waals surface area (Å²) in [4.78, 5) is 0.875. The molecule has 0 aromatic carbocycles. The van der Waals surface area contributed by atoms with Crippen molar-refractivity contribution in [2.45, 2.75) is 13.1 Å². The predicted octanol–water partition coefficient (Wildman–Crippen LogP) is 1.22. The highest BCUT2D eigenvalue weighted by Gasteiger charge is 2.15. The van der Waals surface area contributed by atoms with Crippen LogP contribution in [-0.4, -0.2) is 0 Å². The average Bonchev–Trinajstić information content (AvgIpc) is 2.44. The lowest BCUT2D eigenvalue weighted by Crippen LogP contribution is -2.00. The Morgan fingerprint density at radius 1 is 1.60 bits per heavy atom. The summed E-state index contributed by atoms with van der Waals surface area (Å²) in [5.41, 5.74) is 2.52. The van der Waals surface area contributed by atoms with Gasteiger partial charge in [-0.2, -0.15) is 5.26 Å². The lowest BCUT2D eigenvalue weighted by Gasteiger charge is -1.86. The second-order valence-corrected chi connectivity index (χ2v) is 3.16. The molecule has 1 N–H and O–H groups in total. The zero-order chi connectivity index (χ0) is 6.97. The number of nitrogens with zero attached hydrogens (tertiary/aromatic N) is 1. The first-order chi connectivity index (χ1) is 4.92. The Morgan fingerprint density at radius 3 is 3.30 bits per heavy atom. The quantitative estimate of drug-likeness (QED) is 0.603. The Bertz CT molecular complexity index is 295. The average molecular weight is 150 g/mol. The second kappa shape index (κ2) is 2.08. The van der Waals surface area contributed by atoms with Crippen molar-refractivity contribution in [3.8, 4) is 6.07 Å². The Morgan fingerprint density at radius 2 is 2.50 bits per heavy atom. The third-order valence-electron chi connectivity index (χ3n) is 1.70. The minimum absolute atomic E-state index is 0.875. The van der Waals surface area contributed by atoms with Gasteiger partial charge in [0.15, 0.2) is 0 Å². The van der Waals surface area contributed by atoms with E-state index in [4.69, 9.17) is 5.26 Å². The van der Waals surface area contributed by atoms with Gasteiger partial charge in [0.05, 0.1) is 0 Å². The molecule has 0 radical (unpaired) electrons. The lowest BCUT2D eigenvalue weighted by atomic mass is 10.2. The SMILES string of the molecule is N#Cc1scc2c1CNC2. The van der Waals surface area contributed by atoms with Gasteiger partial charge >= 0.3 is 0 Å². The maximum atomic E-state index is 8.62. The number of fused-ring (bicyclic) bond motifs is 1. The first-order valence-corrected chi connectivity index (χ1v) is 4.00. The Labute approximate surface area is 63.1 Å². The Kier molecular flexibility index (Phi) is 1.23. The number of thiophene rings is 1. The third-order valence-corrected chi connectivity index (χ3v) is 2.68. The van der Waals surface area contributed by atoms with Gasteiger partial charge < -0.3 is 5.32 Å². The molecule has 50 valence electrons. The predicted molar refractivity (Wildman–Crippen MR) is 39.6 cm³/mol. The molecule has 0 bridgehead atoms. The van der Waals surface area contributed by atoms with Crippen molar-refractivity contribution in [2.75, 3.05) is 0 Å². The molecule has 1 aromatic heterocycles. The molecule has 0 saturated heterocycles. The highest BCUT2D eigenvalue weighted by Crippen LogP contribution is 2.25. The summed E-state index contributed by atoms with van der Waals surface area (Å²) >= 11 is 1.55. The van der Waals surface area contributed by atoms with E-state index < -0.39 is 0 Å². The molecule has 1 aromatic rings. The van der Waals surface area contributed by atoms with Gasteiger partial charge in [-0.05, 0) is 16.5 Å². The van der Waals surface area contributed by atoms with Crippen LogP contribution in [0, 0.1) is 11.3 Å². The van der Waals surface area contributed by atoms with Crippen LogP contribution in [0.5, 0.6) is 0 Å². The summed E-state index contributed by atoms with van der Waals surface area (Å²) in [5, 5.41) is 13.9. The molecule has 0 fully saturated rings. The third kappa shape index (κ3) is 0.666. The number of rotatable bonds is 0. The van der Waals surface area contributed by atoms with Crippen molar-refractivity contribution >= 4 is 11.3 Å². The zero-order valence-corrected chi connectivity index (χ0v) is 6.16. The van der Waals surface area contributed by atoms with Crippen LogP contribution in [0.3, 0.4) is 0 Å². The van der Waals surface area contributed by atoms with Crippen LogP contribution >= 0.6 is 11.3 Å². The molecule has 1 aliphatic heterocycles. The normalized spacial score (nSPS) is 14.7. The van der Waals surface area contributed by atoms with Crippen molar-refractivity contribution in [1.82, 2.24) is 5.32 Å². The lowest BCUT2D eigenvalue weighted by molar-refractivity contribution is 0.764. The van der Waals surface area contributed by atoms with Gasteiger partial charge in [0.2, 0.25) is 0 Å². The van der Waals surface area contributed by atoms with Crippen LogP contribution in [0.4, 0.5) is 0 Å². The number of nitrogens with one attached hydrogen (secondary N) is 1. The molecule has 2 rings (SSSR count). The first-order valence-electron chi connectivity index (χ1n) is 3.12. The van der Waals surface area contributed by atoms with Crippen LogP contribution in [0.15, 0.2) is 5.38 Å². The van der Waals surface area contributed by atoms with E-state index in [0.29, 0.717) is 0 Å². The van der Waals surface area contributed by atoms with E-state index in [1.807, 2.05) is 0 Å². The van der Waals surface area contributed by atoms with E-state index in [0.717, 1.165) is 18.0 Å². The van der Waals surface area contributed by atoms with Crippen molar-refractivity contribution in [3.05, 3.63) is 21.4 Å². The molecular formula is C7H6N2S. The van der Waals surface area contributed by atoms with Crippen LogP contribution in [0.2, 0.25) is 0 Å². The highest BCUT2D eigenvalue weighted by atomic mass is 32.1. The summed E-state index contributed by atoms with van der Waals surface area (Å²) in [5.74, 6) is 0. The first kappa shape index (κ1) is 5.90. The summed E-state index contributed by atoms with van der Waals surface area (Å²) in [6.45, 7) is 1.81. The molecular weight excluding hydrogens is 144 g/mol. The summed E-state index contributed by atoms with van der Waals surface area (Å²) < 4.78 is 0. The summed E-state index contributed by atoms with van der Waals surface area (Å²) in [7, 11) is 0. The van der Waals surface area contributed by atoms with Crippen molar-refractivity contribution in [1.29, 1.82) is 5.26 Å². The highest BCUT2D eigenvalue weighted by molar-refractivity contribution is 7.10. The number of nitriles is 1. The fraction of sp³-hybridized carbons (Fsp3) is 0.286. The standard InChI is InChI=1S/C7H6N2S/c8-1-7-6-3-9-2-5(6)4-10-7/h4,9H,2-3H2. The smallest absolute Gasteiger partial charge is 0.110 e. The fourth-order valence-electron chi connectivity index (χ4n) is 1.18. The van der Waals surface area contributed by atoms with E-state index in [1.54, 1.807) is 11.3 Å². The molecule has 3 heteroatoms. The molecule has 2 nitrogen and oxygen atoms in total. The second-order valence-electron chi connectivity index (χ2n) is 2.28. The van der Waals surface area contributed by atoms with Gasteiger partial charge in [-0.25, -0.2) is 0 Å². The van der Waals surface area contributed by atoms with Crippen LogP contribution in [0.25, 0.3) is 0 Å². The van der Waals surface area contributed by atoms with Gasteiger partial charge in [0.25, 0.3) is 0 Å². The monoisotopic (exact) mass is 150 g/mol. The molecule has 0 amide bonds. The topological polar surface area (TPSA) is 35.8 Å². The van der Waals surface area contributed by atoms with Crippen LogP contribution in [-0.2, 0) is 13.1 Å². The van der Waals surface area contributed by atoms with E-state index in [-0.39, 0.29) is 0 Å². The fourth-order valence-corrected chi connectivity index (χ4v) is 2.06. The van der Waals surface area contributed by atoms with E-state index in [1.165, 1.54) is 11.1 Å². The van der Waals surface area contributed by atoms with Gasteiger partial charge in [0, 0.05) is 13.1 Å². The van der Waals surface area contributed by atoms with Gasteiger partial charge in [-0.3, -0.25) is 0 Å². The summed E-state index contributed by atoms with van der Waals surface area (Å²) in [6.07, 6.45) is 0. The molecule has 0 saturated carbocycles. The van der Waals surface area contributed by atoms with Crippen LogP contribution < -0.4 is 5.32 Å². The largest absolute Gasteiger partial charge is 0.308 e. The Balaban J connectivity index is 2.57. The van der Waals surface area contributed by atoms with Crippen molar-refractivity contribution < 1.29 is 0 Å². The van der Waals surface area contributed by atoms with Gasteiger partial charge in [-0.1, -0.05) is 0 Å². The minimum atomic E-state index is 0.875. The summed E-state index contributed by atoms with van der Waals surface area (Å²) in [6, 6.07) is 2.19. The molecule has 0 atom stereocenters. The molecule has 2 heterocycles. The molecule has 0 unspecified atom stereocenters. The van der Waals surface area contributed by atoms with Crippen molar-refractivity contribution in [2.24, 2.45) is 0 Å². The molecule has 10 heavy (non-hydrogen) atoms. The van der Waals surface area contributed by atoms with Gasteiger partial charge in [-0.15, -0.1) is 11.3 Å². The van der Waals surface area contributed by atoms with E-state index in [2.05, 4.69) is 16.8 Å². The minimum Gasteiger partial charge on any atom is -0.308 e. The number of hydrogen-bond acceptors (Lipinski definition) is 3. The maximum Gasteiger partial charge on any atom is 0.110 e. The molecule has 0 spiro atoms. The van der Waals surface area contributed by atoms with Gasteiger partial charge in [0.1, 0.15) is 10.9 Å². The molecule has 0 aliphatic carbocycles. The molecule has 1 aliphatic rings. The van der Waals surface area contributed by atoms with Crippen molar-refractivity contribution in [3.63, 3.8) is 0 Å². The number of hydrogen-bond donors (Lipinski definition) is 1. The van der Waals surface area contributed by atoms with E-state index in [9.17, 15) is 0 Å². The Hall–Kier alpha value is -0.850. The van der Waals surface area contributed by atoms with E-state index >= 15 is 0 Å².